The Morgan fingerprint density at radius 3 is 2.75 bits per heavy atom. The molecule has 0 spiro atoms. The molecule has 2 aliphatic carbocycles. The SMILES string of the molecule is Clc1cc(Cl)c2c(c1)C(NCC1CC1)CC2. The standard InChI is InChI=1S/C13H15Cl2N/c14-9-5-11-10(12(15)6-9)3-4-13(11)16-7-8-1-2-8/h5-6,8,13,16H,1-4,7H2. The Balaban J connectivity index is 1.80. The van der Waals surface area contributed by atoms with E-state index in [1.807, 2.05) is 6.07 Å². The maximum atomic E-state index is 6.20. The fourth-order valence-electron chi connectivity index (χ4n) is 2.49. The zero-order valence-electron chi connectivity index (χ0n) is 9.10. The van der Waals surface area contributed by atoms with E-state index in [9.17, 15) is 0 Å². The largest absolute Gasteiger partial charge is 0.310 e. The Labute approximate surface area is 106 Å². The minimum Gasteiger partial charge on any atom is -0.310 e. The van der Waals surface area contributed by atoms with Gasteiger partial charge in [-0.05, 0) is 61.4 Å². The Bertz CT molecular complexity index is 413. The highest BCUT2D eigenvalue weighted by Crippen LogP contribution is 2.38. The van der Waals surface area contributed by atoms with Crippen molar-refractivity contribution in [1.82, 2.24) is 5.32 Å². The molecule has 0 aromatic heterocycles. The molecule has 3 heteroatoms. The van der Waals surface area contributed by atoms with Crippen LogP contribution in [0.3, 0.4) is 0 Å². The fourth-order valence-corrected chi connectivity index (χ4v) is 3.09. The molecule has 0 amide bonds. The minimum atomic E-state index is 0.465. The van der Waals surface area contributed by atoms with Crippen LogP contribution in [0.4, 0.5) is 0 Å². The van der Waals surface area contributed by atoms with Crippen molar-refractivity contribution in [3.05, 3.63) is 33.3 Å². The summed E-state index contributed by atoms with van der Waals surface area (Å²) in [6.45, 7) is 1.15. The summed E-state index contributed by atoms with van der Waals surface area (Å²) in [5.41, 5.74) is 2.61. The highest BCUT2D eigenvalue weighted by atomic mass is 35.5. The molecule has 0 aliphatic heterocycles. The Morgan fingerprint density at radius 1 is 1.19 bits per heavy atom. The molecule has 0 bridgehead atoms. The van der Waals surface area contributed by atoms with Crippen LogP contribution in [0.5, 0.6) is 0 Å². The molecule has 3 rings (SSSR count). The summed E-state index contributed by atoms with van der Waals surface area (Å²) >= 11 is 12.3. The van der Waals surface area contributed by atoms with Gasteiger partial charge in [0.25, 0.3) is 0 Å². The molecule has 1 fully saturated rings. The molecule has 1 nitrogen and oxygen atoms in total. The Hall–Kier alpha value is -0.240. The van der Waals surface area contributed by atoms with Gasteiger partial charge in [0.1, 0.15) is 0 Å². The Morgan fingerprint density at radius 2 is 2.00 bits per heavy atom. The molecule has 2 aliphatic rings. The van der Waals surface area contributed by atoms with Crippen LogP contribution in [-0.4, -0.2) is 6.54 Å². The van der Waals surface area contributed by atoms with E-state index in [1.165, 1.54) is 24.0 Å². The van der Waals surface area contributed by atoms with Gasteiger partial charge in [-0.15, -0.1) is 0 Å². The number of nitrogens with one attached hydrogen (secondary N) is 1. The average molecular weight is 256 g/mol. The molecule has 16 heavy (non-hydrogen) atoms. The van der Waals surface area contributed by atoms with Gasteiger partial charge in [0, 0.05) is 16.1 Å². The number of hydrogen-bond acceptors (Lipinski definition) is 1. The van der Waals surface area contributed by atoms with Gasteiger partial charge >= 0.3 is 0 Å². The van der Waals surface area contributed by atoms with E-state index < -0.39 is 0 Å². The van der Waals surface area contributed by atoms with Crippen LogP contribution >= 0.6 is 23.2 Å². The van der Waals surface area contributed by atoms with Crippen molar-refractivity contribution in [2.45, 2.75) is 31.7 Å². The van der Waals surface area contributed by atoms with E-state index in [2.05, 4.69) is 11.4 Å². The second-order valence-corrected chi connectivity index (χ2v) is 5.74. The van der Waals surface area contributed by atoms with Crippen molar-refractivity contribution in [3.63, 3.8) is 0 Å². The smallest absolute Gasteiger partial charge is 0.0456 e. The van der Waals surface area contributed by atoms with Gasteiger partial charge in [0.2, 0.25) is 0 Å². The lowest BCUT2D eigenvalue weighted by Gasteiger charge is -2.14. The first-order chi connectivity index (χ1) is 7.74. The van der Waals surface area contributed by atoms with Crippen molar-refractivity contribution >= 4 is 23.2 Å². The quantitative estimate of drug-likeness (QED) is 0.862. The predicted molar refractivity (Wildman–Crippen MR) is 68.3 cm³/mol. The van der Waals surface area contributed by atoms with Crippen LogP contribution in [0.25, 0.3) is 0 Å². The van der Waals surface area contributed by atoms with E-state index in [0.29, 0.717) is 6.04 Å². The molecule has 86 valence electrons. The van der Waals surface area contributed by atoms with E-state index in [0.717, 1.165) is 35.3 Å². The van der Waals surface area contributed by atoms with Crippen molar-refractivity contribution < 1.29 is 0 Å². The number of fused-ring (bicyclic) bond motifs is 1. The number of halogens is 2. The zero-order valence-corrected chi connectivity index (χ0v) is 10.6. The molecule has 0 radical (unpaired) electrons. The molecule has 0 saturated heterocycles. The first kappa shape index (κ1) is 10.9. The van der Waals surface area contributed by atoms with Gasteiger partial charge in [0.05, 0.1) is 0 Å². The predicted octanol–water partition coefficient (Wildman–Crippen LogP) is 3.98. The highest BCUT2D eigenvalue weighted by Gasteiger charge is 2.27. The molecule has 1 aromatic rings. The van der Waals surface area contributed by atoms with E-state index in [4.69, 9.17) is 23.2 Å². The van der Waals surface area contributed by atoms with Crippen LogP contribution in [0.2, 0.25) is 10.0 Å². The fraction of sp³-hybridized carbons (Fsp3) is 0.538. The van der Waals surface area contributed by atoms with Gasteiger partial charge in [-0.25, -0.2) is 0 Å². The topological polar surface area (TPSA) is 12.0 Å². The second-order valence-electron chi connectivity index (χ2n) is 4.90. The normalized spacial score (nSPS) is 23.5. The van der Waals surface area contributed by atoms with Crippen LogP contribution in [0.15, 0.2) is 12.1 Å². The molecule has 1 atom stereocenters. The van der Waals surface area contributed by atoms with Crippen molar-refractivity contribution in [2.75, 3.05) is 6.54 Å². The second kappa shape index (κ2) is 4.21. The molecule has 0 heterocycles. The number of rotatable bonds is 3. The molecular weight excluding hydrogens is 241 g/mol. The molecule has 1 saturated carbocycles. The monoisotopic (exact) mass is 255 g/mol. The van der Waals surface area contributed by atoms with Crippen LogP contribution in [0, 0.1) is 5.92 Å². The highest BCUT2D eigenvalue weighted by molar-refractivity contribution is 6.35. The van der Waals surface area contributed by atoms with Gasteiger partial charge in [-0.2, -0.15) is 0 Å². The first-order valence-corrected chi connectivity index (χ1v) is 6.71. The number of benzene rings is 1. The van der Waals surface area contributed by atoms with Crippen LogP contribution in [-0.2, 0) is 6.42 Å². The third-order valence-electron chi connectivity index (χ3n) is 3.60. The summed E-state index contributed by atoms with van der Waals surface area (Å²) in [4.78, 5) is 0. The van der Waals surface area contributed by atoms with Crippen molar-refractivity contribution in [2.24, 2.45) is 5.92 Å². The Kier molecular flexibility index (Phi) is 2.87. The van der Waals surface area contributed by atoms with Crippen LogP contribution < -0.4 is 5.32 Å². The van der Waals surface area contributed by atoms with Crippen molar-refractivity contribution in [3.8, 4) is 0 Å². The van der Waals surface area contributed by atoms with Crippen LogP contribution in [0.1, 0.15) is 36.4 Å². The van der Waals surface area contributed by atoms with E-state index >= 15 is 0 Å². The van der Waals surface area contributed by atoms with Gasteiger partial charge in [-0.1, -0.05) is 23.2 Å². The van der Waals surface area contributed by atoms with Gasteiger partial charge in [0.15, 0.2) is 0 Å². The summed E-state index contributed by atoms with van der Waals surface area (Å²) in [6.07, 6.45) is 5.02. The molecular formula is C13H15Cl2N. The number of hydrogen-bond donors (Lipinski definition) is 1. The van der Waals surface area contributed by atoms with E-state index in [1.54, 1.807) is 0 Å². The van der Waals surface area contributed by atoms with E-state index in [-0.39, 0.29) is 0 Å². The average Bonchev–Trinajstić information content (AvgIpc) is 2.97. The maximum Gasteiger partial charge on any atom is 0.0456 e. The molecule has 1 N–H and O–H groups in total. The first-order valence-electron chi connectivity index (χ1n) is 5.95. The van der Waals surface area contributed by atoms with Gasteiger partial charge in [-0.3, -0.25) is 0 Å². The third kappa shape index (κ3) is 2.09. The van der Waals surface area contributed by atoms with Crippen molar-refractivity contribution in [1.29, 1.82) is 0 Å². The summed E-state index contributed by atoms with van der Waals surface area (Å²) in [5.74, 6) is 0.915. The summed E-state index contributed by atoms with van der Waals surface area (Å²) < 4.78 is 0. The zero-order chi connectivity index (χ0) is 11.1. The molecule has 1 unspecified atom stereocenters. The lowest BCUT2D eigenvalue weighted by Crippen LogP contribution is -2.21. The third-order valence-corrected chi connectivity index (χ3v) is 4.16. The lowest BCUT2D eigenvalue weighted by atomic mass is 10.1. The molecule has 1 aromatic carbocycles. The lowest BCUT2D eigenvalue weighted by molar-refractivity contribution is 0.512. The maximum absolute atomic E-state index is 6.20. The summed E-state index contributed by atoms with van der Waals surface area (Å²) in [5, 5.41) is 5.22. The summed E-state index contributed by atoms with van der Waals surface area (Å²) in [6, 6.07) is 4.39. The van der Waals surface area contributed by atoms with Gasteiger partial charge < -0.3 is 5.32 Å². The minimum absolute atomic E-state index is 0.465. The summed E-state index contributed by atoms with van der Waals surface area (Å²) in [7, 11) is 0.